The molecule has 3 rings (SSSR count). The van der Waals surface area contributed by atoms with Gasteiger partial charge in [0.15, 0.2) is 0 Å². The van der Waals surface area contributed by atoms with Crippen LogP contribution in [0.4, 0.5) is 0 Å². The molecule has 1 heterocycles. The number of thioether (sulfide) groups is 2. The standard InChI is InChI=1S/C22H28OS2/c1-3-4-5-14-23-21-12-10-19(11-13-21)22-24-15-20(16-25-22)18-8-6-17(2)7-9-18/h6-13,20,22H,3-5,14-16H2,1-2H3. The molecular formula is C22H28OS2. The zero-order chi connectivity index (χ0) is 17.5. The molecule has 1 aliphatic rings. The first kappa shape index (κ1) is 18.7. The lowest BCUT2D eigenvalue weighted by Gasteiger charge is -2.28. The number of hydrogen-bond acceptors (Lipinski definition) is 3. The van der Waals surface area contributed by atoms with E-state index in [0.29, 0.717) is 10.5 Å². The highest BCUT2D eigenvalue weighted by Gasteiger charge is 2.24. The van der Waals surface area contributed by atoms with E-state index in [2.05, 4.69) is 85.9 Å². The van der Waals surface area contributed by atoms with Crippen LogP contribution < -0.4 is 4.74 Å². The van der Waals surface area contributed by atoms with Crippen molar-refractivity contribution < 1.29 is 4.74 Å². The smallest absolute Gasteiger partial charge is 0.119 e. The maximum atomic E-state index is 5.82. The maximum absolute atomic E-state index is 5.82. The molecule has 0 aliphatic carbocycles. The van der Waals surface area contributed by atoms with Crippen LogP contribution in [0, 0.1) is 6.92 Å². The van der Waals surface area contributed by atoms with Gasteiger partial charge in [-0.25, -0.2) is 0 Å². The molecule has 0 spiro atoms. The third-order valence-corrected chi connectivity index (χ3v) is 7.77. The second kappa shape index (κ2) is 9.59. The minimum absolute atomic E-state index is 0.552. The molecule has 134 valence electrons. The minimum atomic E-state index is 0.552. The lowest BCUT2D eigenvalue weighted by molar-refractivity contribution is 0.306. The number of ether oxygens (including phenoxy) is 1. The summed E-state index contributed by atoms with van der Waals surface area (Å²) in [5.74, 6) is 4.09. The van der Waals surface area contributed by atoms with Gasteiger partial charge in [-0.2, -0.15) is 0 Å². The molecule has 0 aromatic heterocycles. The van der Waals surface area contributed by atoms with Gasteiger partial charge in [0, 0.05) is 17.4 Å². The first-order valence-electron chi connectivity index (χ1n) is 9.29. The van der Waals surface area contributed by atoms with E-state index >= 15 is 0 Å². The van der Waals surface area contributed by atoms with Crippen molar-refractivity contribution in [3.8, 4) is 5.75 Å². The van der Waals surface area contributed by atoms with E-state index in [9.17, 15) is 0 Å². The highest BCUT2D eigenvalue weighted by Crippen LogP contribution is 2.48. The van der Waals surface area contributed by atoms with Crippen molar-refractivity contribution in [2.75, 3.05) is 18.1 Å². The van der Waals surface area contributed by atoms with Gasteiger partial charge in [-0.05, 0) is 36.6 Å². The second-order valence-electron chi connectivity index (χ2n) is 6.73. The Morgan fingerprint density at radius 3 is 2.16 bits per heavy atom. The number of hydrogen-bond donors (Lipinski definition) is 0. The maximum Gasteiger partial charge on any atom is 0.119 e. The Labute approximate surface area is 160 Å². The summed E-state index contributed by atoms with van der Waals surface area (Å²) in [5, 5.41) is 0. The summed E-state index contributed by atoms with van der Waals surface area (Å²) >= 11 is 4.15. The van der Waals surface area contributed by atoms with Crippen molar-refractivity contribution in [1.29, 1.82) is 0 Å². The first-order chi connectivity index (χ1) is 12.3. The van der Waals surface area contributed by atoms with Crippen LogP contribution in [0.25, 0.3) is 0 Å². The molecule has 0 atom stereocenters. The summed E-state index contributed by atoms with van der Waals surface area (Å²) in [6, 6.07) is 17.8. The van der Waals surface area contributed by atoms with Gasteiger partial charge in [-0.1, -0.05) is 61.7 Å². The molecule has 0 bridgehead atoms. The van der Waals surface area contributed by atoms with Crippen LogP contribution in [0.5, 0.6) is 5.75 Å². The Morgan fingerprint density at radius 2 is 1.52 bits per heavy atom. The fourth-order valence-corrected chi connectivity index (χ4v) is 6.13. The lowest BCUT2D eigenvalue weighted by Crippen LogP contribution is -2.12. The highest BCUT2D eigenvalue weighted by molar-refractivity contribution is 8.17. The molecule has 1 fully saturated rings. The van der Waals surface area contributed by atoms with E-state index in [-0.39, 0.29) is 0 Å². The van der Waals surface area contributed by atoms with Gasteiger partial charge in [0.2, 0.25) is 0 Å². The normalized spacial score (nSPS) is 20.4. The summed E-state index contributed by atoms with van der Waals surface area (Å²) in [6.07, 6.45) is 3.63. The molecule has 0 saturated carbocycles. The van der Waals surface area contributed by atoms with Crippen LogP contribution in [-0.2, 0) is 0 Å². The van der Waals surface area contributed by atoms with Gasteiger partial charge in [0.05, 0.1) is 11.2 Å². The van der Waals surface area contributed by atoms with E-state index in [4.69, 9.17) is 4.74 Å². The van der Waals surface area contributed by atoms with E-state index in [1.54, 1.807) is 0 Å². The van der Waals surface area contributed by atoms with Crippen molar-refractivity contribution in [3.63, 3.8) is 0 Å². The van der Waals surface area contributed by atoms with Crippen molar-refractivity contribution in [2.45, 2.75) is 43.6 Å². The average molecular weight is 373 g/mol. The summed E-state index contributed by atoms with van der Waals surface area (Å²) in [6.45, 7) is 5.21. The molecule has 0 unspecified atom stereocenters. The summed E-state index contributed by atoms with van der Waals surface area (Å²) in [4.78, 5) is 0. The van der Waals surface area contributed by atoms with E-state index in [0.717, 1.165) is 18.8 Å². The summed E-state index contributed by atoms with van der Waals surface area (Å²) < 4.78 is 6.37. The predicted molar refractivity (Wildman–Crippen MR) is 113 cm³/mol. The SMILES string of the molecule is CCCCCOc1ccc(C2SCC(c3ccc(C)cc3)CS2)cc1. The number of rotatable bonds is 7. The van der Waals surface area contributed by atoms with Crippen LogP contribution in [0.3, 0.4) is 0 Å². The fraction of sp³-hybridized carbons (Fsp3) is 0.455. The van der Waals surface area contributed by atoms with E-state index in [1.165, 1.54) is 41.0 Å². The molecule has 2 aromatic carbocycles. The number of benzene rings is 2. The van der Waals surface area contributed by atoms with Crippen LogP contribution in [0.15, 0.2) is 48.5 Å². The first-order valence-corrected chi connectivity index (χ1v) is 11.4. The Hall–Kier alpha value is -1.06. The van der Waals surface area contributed by atoms with Crippen molar-refractivity contribution in [3.05, 3.63) is 65.2 Å². The minimum Gasteiger partial charge on any atom is -0.494 e. The third-order valence-electron chi connectivity index (χ3n) is 4.62. The number of aryl methyl sites for hydroxylation is 1. The van der Waals surface area contributed by atoms with Gasteiger partial charge in [-0.3, -0.25) is 0 Å². The lowest BCUT2D eigenvalue weighted by atomic mass is 10.0. The summed E-state index contributed by atoms with van der Waals surface area (Å²) in [5.41, 5.74) is 4.24. The molecule has 2 aromatic rings. The van der Waals surface area contributed by atoms with E-state index < -0.39 is 0 Å². The molecule has 0 radical (unpaired) electrons. The molecule has 0 amide bonds. The Balaban J connectivity index is 1.50. The second-order valence-corrected chi connectivity index (χ2v) is 9.31. The van der Waals surface area contributed by atoms with Crippen LogP contribution in [0.1, 0.15) is 53.4 Å². The summed E-state index contributed by atoms with van der Waals surface area (Å²) in [7, 11) is 0. The van der Waals surface area contributed by atoms with Crippen LogP contribution >= 0.6 is 23.5 Å². The predicted octanol–water partition coefficient (Wildman–Crippen LogP) is 6.83. The van der Waals surface area contributed by atoms with Crippen LogP contribution in [0.2, 0.25) is 0 Å². The zero-order valence-electron chi connectivity index (χ0n) is 15.2. The Morgan fingerprint density at radius 1 is 0.880 bits per heavy atom. The highest BCUT2D eigenvalue weighted by atomic mass is 32.2. The van der Waals surface area contributed by atoms with E-state index in [1.807, 2.05) is 0 Å². The van der Waals surface area contributed by atoms with Gasteiger partial charge in [-0.15, -0.1) is 23.5 Å². The fourth-order valence-electron chi connectivity index (χ4n) is 2.99. The molecule has 25 heavy (non-hydrogen) atoms. The molecular weight excluding hydrogens is 344 g/mol. The van der Waals surface area contributed by atoms with Gasteiger partial charge < -0.3 is 4.74 Å². The largest absolute Gasteiger partial charge is 0.494 e. The van der Waals surface area contributed by atoms with Gasteiger partial charge in [0.1, 0.15) is 5.75 Å². The Bertz CT molecular complexity index is 628. The molecule has 3 heteroatoms. The van der Waals surface area contributed by atoms with Gasteiger partial charge >= 0.3 is 0 Å². The average Bonchev–Trinajstić information content (AvgIpc) is 2.67. The third kappa shape index (κ3) is 5.46. The Kier molecular flexibility index (Phi) is 7.18. The molecule has 1 nitrogen and oxygen atoms in total. The zero-order valence-corrected chi connectivity index (χ0v) is 16.9. The van der Waals surface area contributed by atoms with Crippen molar-refractivity contribution >= 4 is 23.5 Å². The molecule has 1 saturated heterocycles. The topological polar surface area (TPSA) is 9.23 Å². The van der Waals surface area contributed by atoms with Crippen LogP contribution in [-0.4, -0.2) is 18.1 Å². The van der Waals surface area contributed by atoms with Gasteiger partial charge in [0.25, 0.3) is 0 Å². The molecule has 1 aliphatic heterocycles. The van der Waals surface area contributed by atoms with Crippen molar-refractivity contribution in [2.24, 2.45) is 0 Å². The monoisotopic (exact) mass is 372 g/mol. The number of unbranched alkanes of at least 4 members (excludes halogenated alkanes) is 2. The van der Waals surface area contributed by atoms with Crippen molar-refractivity contribution in [1.82, 2.24) is 0 Å². The molecule has 0 N–H and O–H groups in total. The quantitative estimate of drug-likeness (QED) is 0.493.